The number of carbonyl (C=O) groups is 2. The molecule has 3 aromatic rings. The van der Waals surface area contributed by atoms with E-state index < -0.39 is 17.2 Å². The summed E-state index contributed by atoms with van der Waals surface area (Å²) >= 11 is 0. The predicted octanol–water partition coefficient (Wildman–Crippen LogP) is 1.36. The van der Waals surface area contributed by atoms with Crippen molar-refractivity contribution in [1.29, 1.82) is 0 Å². The van der Waals surface area contributed by atoms with Crippen molar-refractivity contribution < 1.29 is 23.1 Å². The van der Waals surface area contributed by atoms with E-state index in [0.717, 1.165) is 18.3 Å². The molecule has 5 rings (SSSR count). The molecular weight excluding hydrogens is 448 g/mol. The van der Waals surface area contributed by atoms with E-state index in [1.807, 2.05) is 0 Å². The molecule has 2 aromatic heterocycles. The van der Waals surface area contributed by atoms with Crippen LogP contribution in [-0.2, 0) is 22.6 Å². The smallest absolute Gasteiger partial charge is 0.269 e. The van der Waals surface area contributed by atoms with Gasteiger partial charge in [0.05, 0.1) is 29.3 Å². The van der Waals surface area contributed by atoms with Crippen molar-refractivity contribution in [2.24, 2.45) is 0 Å². The molecule has 11 heteroatoms. The summed E-state index contributed by atoms with van der Waals surface area (Å²) in [6, 6.07) is 5.26. The number of aryl methyl sites for hydroxylation is 1. The van der Waals surface area contributed by atoms with Crippen LogP contribution in [0.15, 0.2) is 35.3 Å². The summed E-state index contributed by atoms with van der Waals surface area (Å²) in [5, 5.41) is 3.31. The average Bonchev–Trinajstić information content (AvgIpc) is 3.19. The SMILES string of the molecule is O=C1COc2ccc(N3C[C@H](NCCCn4c(=O)cnc5cc(F)c(F)cc54)CC3=O)nc2C1. The molecule has 1 N–H and O–H groups in total. The Morgan fingerprint density at radius 2 is 1.97 bits per heavy atom. The number of anilines is 1. The maximum absolute atomic E-state index is 13.7. The molecule has 0 spiro atoms. The van der Waals surface area contributed by atoms with Crippen LogP contribution in [0.2, 0.25) is 0 Å². The topological polar surface area (TPSA) is 106 Å². The van der Waals surface area contributed by atoms with Gasteiger partial charge in [-0.2, -0.15) is 0 Å². The van der Waals surface area contributed by atoms with Crippen molar-refractivity contribution >= 4 is 28.5 Å². The highest BCUT2D eigenvalue weighted by molar-refractivity contribution is 5.95. The lowest BCUT2D eigenvalue weighted by Gasteiger charge is -2.20. The Labute approximate surface area is 192 Å². The van der Waals surface area contributed by atoms with Gasteiger partial charge in [-0.1, -0.05) is 0 Å². The van der Waals surface area contributed by atoms with Crippen molar-refractivity contribution in [2.75, 3.05) is 24.6 Å². The summed E-state index contributed by atoms with van der Waals surface area (Å²) < 4.78 is 33.9. The second-order valence-electron chi connectivity index (χ2n) is 8.33. The number of carbonyl (C=O) groups excluding carboxylic acids is 2. The van der Waals surface area contributed by atoms with Crippen LogP contribution in [0.25, 0.3) is 11.0 Å². The van der Waals surface area contributed by atoms with E-state index in [1.54, 1.807) is 17.0 Å². The third-order valence-corrected chi connectivity index (χ3v) is 5.95. The minimum atomic E-state index is -1.04. The largest absolute Gasteiger partial charge is 0.484 e. The number of nitrogens with one attached hydrogen (secondary N) is 1. The van der Waals surface area contributed by atoms with Gasteiger partial charge in [0.15, 0.2) is 17.4 Å². The molecule has 2 aliphatic rings. The third-order valence-electron chi connectivity index (χ3n) is 5.95. The summed E-state index contributed by atoms with van der Waals surface area (Å²) in [5.41, 5.74) is 0.564. The molecule has 1 fully saturated rings. The lowest BCUT2D eigenvalue weighted by Crippen LogP contribution is -2.34. The fraction of sp³-hybridized carbons (Fsp3) is 0.348. The van der Waals surface area contributed by atoms with Gasteiger partial charge in [-0.25, -0.2) is 18.7 Å². The number of rotatable bonds is 6. The number of hydrogen-bond donors (Lipinski definition) is 1. The Bertz CT molecular complexity index is 1360. The summed E-state index contributed by atoms with van der Waals surface area (Å²) in [7, 11) is 0. The molecule has 0 radical (unpaired) electrons. The number of nitrogens with zero attached hydrogens (tertiary/aromatic N) is 4. The maximum Gasteiger partial charge on any atom is 0.269 e. The van der Waals surface area contributed by atoms with E-state index in [-0.39, 0.29) is 54.8 Å². The van der Waals surface area contributed by atoms with Gasteiger partial charge in [0.2, 0.25) is 5.91 Å². The maximum atomic E-state index is 13.7. The van der Waals surface area contributed by atoms with Crippen LogP contribution < -0.4 is 20.5 Å². The molecule has 2 aliphatic heterocycles. The Hall–Kier alpha value is -3.73. The quantitative estimate of drug-likeness (QED) is 0.544. The molecule has 1 saturated heterocycles. The molecule has 0 unspecified atom stereocenters. The highest BCUT2D eigenvalue weighted by Crippen LogP contribution is 2.27. The van der Waals surface area contributed by atoms with Crippen LogP contribution in [0.5, 0.6) is 5.75 Å². The number of fused-ring (bicyclic) bond motifs is 2. The average molecular weight is 469 g/mol. The molecule has 1 amide bonds. The fourth-order valence-corrected chi connectivity index (χ4v) is 4.28. The first-order valence-corrected chi connectivity index (χ1v) is 10.9. The van der Waals surface area contributed by atoms with Crippen LogP contribution in [-0.4, -0.2) is 52.0 Å². The van der Waals surface area contributed by atoms with Gasteiger partial charge in [0.1, 0.15) is 18.2 Å². The van der Waals surface area contributed by atoms with Crippen LogP contribution >= 0.6 is 0 Å². The van der Waals surface area contributed by atoms with Gasteiger partial charge in [-0.05, 0) is 25.1 Å². The molecule has 1 atom stereocenters. The Kier molecular flexibility index (Phi) is 5.78. The number of halogens is 2. The van der Waals surface area contributed by atoms with Crippen LogP contribution in [0.4, 0.5) is 14.6 Å². The molecular formula is C23H21F2N5O4. The zero-order chi connectivity index (χ0) is 23.8. The zero-order valence-corrected chi connectivity index (χ0v) is 18.1. The minimum Gasteiger partial charge on any atom is -0.484 e. The second kappa shape index (κ2) is 8.90. The number of pyridine rings is 1. The number of benzene rings is 1. The number of ether oxygens (including phenoxy) is 1. The fourth-order valence-electron chi connectivity index (χ4n) is 4.28. The summed E-state index contributed by atoms with van der Waals surface area (Å²) in [6.07, 6.45) is 2.09. The molecule has 0 saturated carbocycles. The lowest BCUT2D eigenvalue weighted by molar-refractivity contribution is -0.121. The normalized spacial score (nSPS) is 17.8. The standard InChI is InChI=1S/C23H21F2N5O4/c24-15-8-17-19(9-16(15)25)29(23(33)10-27-17)5-1-4-26-13-6-22(32)30(11-13)21-3-2-20-18(28-21)7-14(31)12-34-20/h2-3,8-10,13,26H,1,4-7,11-12H2/t13-/m1/s1. The molecule has 34 heavy (non-hydrogen) atoms. The Morgan fingerprint density at radius 3 is 2.82 bits per heavy atom. The minimum absolute atomic E-state index is 0.0376. The van der Waals surface area contributed by atoms with Crippen molar-refractivity contribution in [2.45, 2.75) is 31.8 Å². The highest BCUT2D eigenvalue weighted by Gasteiger charge is 2.32. The number of hydrogen-bond acceptors (Lipinski definition) is 7. The van der Waals surface area contributed by atoms with Crippen molar-refractivity contribution in [3.8, 4) is 5.75 Å². The van der Waals surface area contributed by atoms with Gasteiger partial charge < -0.3 is 14.6 Å². The second-order valence-corrected chi connectivity index (χ2v) is 8.33. The van der Waals surface area contributed by atoms with Gasteiger partial charge in [-0.3, -0.25) is 19.3 Å². The van der Waals surface area contributed by atoms with E-state index in [4.69, 9.17) is 4.74 Å². The highest BCUT2D eigenvalue weighted by atomic mass is 19.2. The molecule has 0 aliphatic carbocycles. The summed E-state index contributed by atoms with van der Waals surface area (Å²) in [5.74, 6) is -1.15. The molecule has 4 heterocycles. The van der Waals surface area contributed by atoms with E-state index in [0.29, 0.717) is 36.8 Å². The number of aromatic nitrogens is 3. The van der Waals surface area contributed by atoms with E-state index in [1.165, 1.54) is 4.57 Å². The van der Waals surface area contributed by atoms with Crippen LogP contribution in [0, 0.1) is 11.6 Å². The first-order valence-electron chi connectivity index (χ1n) is 10.9. The van der Waals surface area contributed by atoms with Crippen LogP contribution in [0.3, 0.4) is 0 Å². The molecule has 176 valence electrons. The van der Waals surface area contributed by atoms with Gasteiger partial charge in [0, 0.05) is 37.7 Å². The van der Waals surface area contributed by atoms with Crippen molar-refractivity contribution in [3.05, 3.63) is 58.1 Å². The first kappa shape index (κ1) is 22.1. The van der Waals surface area contributed by atoms with Crippen molar-refractivity contribution in [1.82, 2.24) is 19.9 Å². The molecule has 9 nitrogen and oxygen atoms in total. The number of ketones is 1. The Morgan fingerprint density at radius 1 is 1.15 bits per heavy atom. The summed E-state index contributed by atoms with van der Waals surface area (Å²) in [4.78, 5) is 46.3. The lowest BCUT2D eigenvalue weighted by atomic mass is 10.1. The molecule has 1 aromatic carbocycles. The van der Waals surface area contributed by atoms with Gasteiger partial charge in [-0.15, -0.1) is 0 Å². The van der Waals surface area contributed by atoms with Crippen LogP contribution in [0.1, 0.15) is 18.5 Å². The van der Waals surface area contributed by atoms with Gasteiger partial charge in [0.25, 0.3) is 5.56 Å². The van der Waals surface area contributed by atoms with Gasteiger partial charge >= 0.3 is 0 Å². The first-order chi connectivity index (χ1) is 16.4. The van der Waals surface area contributed by atoms with E-state index >= 15 is 0 Å². The predicted molar refractivity (Wildman–Crippen MR) is 118 cm³/mol. The Balaban J connectivity index is 1.20. The number of amides is 1. The number of Topliss-reactive ketones (excluding diaryl/α,β-unsaturated/α-hetero) is 1. The monoisotopic (exact) mass is 469 g/mol. The van der Waals surface area contributed by atoms with E-state index in [2.05, 4.69) is 15.3 Å². The molecule has 0 bridgehead atoms. The summed E-state index contributed by atoms with van der Waals surface area (Å²) in [6.45, 7) is 1.24. The third kappa shape index (κ3) is 4.26. The van der Waals surface area contributed by atoms with E-state index in [9.17, 15) is 23.2 Å². The zero-order valence-electron chi connectivity index (χ0n) is 18.1. The van der Waals surface area contributed by atoms with Crippen molar-refractivity contribution in [3.63, 3.8) is 0 Å².